The van der Waals surface area contributed by atoms with Crippen molar-refractivity contribution >= 4 is 40.6 Å². The molecule has 1 fully saturated rings. The van der Waals surface area contributed by atoms with Crippen LogP contribution in [0.5, 0.6) is 11.5 Å². The number of nitrogens with one attached hydrogen (secondary N) is 1. The number of imide groups is 1. The number of aromatic hydroxyl groups is 1. The molecule has 0 aromatic heterocycles. The Bertz CT molecular complexity index is 992. The van der Waals surface area contributed by atoms with Crippen LogP contribution in [-0.4, -0.2) is 40.7 Å². The molecule has 0 bridgehead atoms. The number of nitrogens with zero attached hydrogens (tertiary/aromatic N) is 1. The summed E-state index contributed by atoms with van der Waals surface area (Å²) in [7, 11) is 1.39. The Hall–Kier alpha value is -3.33. The zero-order chi connectivity index (χ0) is 20.3. The summed E-state index contributed by atoms with van der Waals surface area (Å²) in [6.07, 6.45) is 1.47. The second-order valence-electron chi connectivity index (χ2n) is 5.76. The number of amides is 3. The number of thioether (sulfide) groups is 1. The number of carbonyl (C=O) groups excluding carboxylic acids is 3. The van der Waals surface area contributed by atoms with Gasteiger partial charge in [-0.1, -0.05) is 12.1 Å². The van der Waals surface area contributed by atoms with Crippen LogP contribution < -0.4 is 10.1 Å². The largest absolute Gasteiger partial charge is 0.504 e. The number of benzene rings is 2. The fourth-order valence-electron chi connectivity index (χ4n) is 2.48. The Balaban J connectivity index is 1.72. The highest BCUT2D eigenvalue weighted by Gasteiger charge is 2.36. The number of hydrogen-bond acceptors (Lipinski definition) is 6. The molecule has 0 unspecified atom stereocenters. The van der Waals surface area contributed by atoms with E-state index < -0.39 is 29.4 Å². The minimum absolute atomic E-state index is 0.0539. The molecular formula is C19H15FN2O5S. The van der Waals surface area contributed by atoms with E-state index in [9.17, 15) is 23.9 Å². The molecule has 0 radical (unpaired) electrons. The standard InChI is InChI=1S/C19H15FN2O5S/c1-27-15-7-11(5-6-14(15)23)8-16-18(25)22(19(26)28-16)10-17(24)21-13-4-2-3-12(20)9-13/h2-9,23H,10H2,1H3,(H,21,24)/b16-8+. The van der Waals surface area contributed by atoms with E-state index in [1.807, 2.05) is 0 Å². The Kier molecular flexibility index (Phi) is 5.65. The van der Waals surface area contributed by atoms with Crippen molar-refractivity contribution in [2.45, 2.75) is 0 Å². The number of methoxy groups -OCH3 is 1. The van der Waals surface area contributed by atoms with Gasteiger partial charge in [-0.15, -0.1) is 0 Å². The summed E-state index contributed by atoms with van der Waals surface area (Å²) in [6.45, 7) is -0.489. The predicted molar refractivity (Wildman–Crippen MR) is 102 cm³/mol. The molecule has 1 heterocycles. The smallest absolute Gasteiger partial charge is 0.294 e. The highest BCUT2D eigenvalue weighted by atomic mass is 32.2. The van der Waals surface area contributed by atoms with Crippen molar-refractivity contribution in [3.05, 3.63) is 58.8 Å². The summed E-state index contributed by atoms with van der Waals surface area (Å²) < 4.78 is 18.2. The van der Waals surface area contributed by atoms with E-state index >= 15 is 0 Å². The lowest BCUT2D eigenvalue weighted by atomic mass is 10.2. The van der Waals surface area contributed by atoms with Gasteiger partial charge in [-0.25, -0.2) is 4.39 Å². The highest BCUT2D eigenvalue weighted by Crippen LogP contribution is 2.34. The maximum atomic E-state index is 13.2. The Morgan fingerprint density at radius 2 is 2.07 bits per heavy atom. The molecule has 144 valence electrons. The van der Waals surface area contributed by atoms with Gasteiger partial charge in [0, 0.05) is 5.69 Å². The summed E-state index contributed by atoms with van der Waals surface area (Å²) in [5.74, 6) is -1.59. The quantitative estimate of drug-likeness (QED) is 0.746. The van der Waals surface area contributed by atoms with Gasteiger partial charge in [-0.3, -0.25) is 19.3 Å². The normalized spacial score (nSPS) is 15.2. The topological polar surface area (TPSA) is 95.9 Å². The van der Waals surface area contributed by atoms with E-state index in [-0.39, 0.29) is 22.1 Å². The zero-order valence-corrected chi connectivity index (χ0v) is 15.5. The van der Waals surface area contributed by atoms with Gasteiger partial charge in [-0.05, 0) is 53.7 Å². The molecule has 3 rings (SSSR count). The van der Waals surface area contributed by atoms with Crippen molar-refractivity contribution in [2.24, 2.45) is 0 Å². The van der Waals surface area contributed by atoms with Gasteiger partial charge in [-0.2, -0.15) is 0 Å². The molecule has 1 aliphatic rings. The van der Waals surface area contributed by atoms with Crippen LogP contribution in [0.2, 0.25) is 0 Å². The van der Waals surface area contributed by atoms with E-state index in [0.29, 0.717) is 17.3 Å². The molecule has 0 atom stereocenters. The van der Waals surface area contributed by atoms with Crippen LogP contribution >= 0.6 is 11.8 Å². The third kappa shape index (κ3) is 4.32. The lowest BCUT2D eigenvalue weighted by Crippen LogP contribution is -2.36. The summed E-state index contributed by atoms with van der Waals surface area (Å²) in [4.78, 5) is 37.7. The van der Waals surface area contributed by atoms with E-state index in [1.54, 1.807) is 6.07 Å². The summed E-state index contributed by atoms with van der Waals surface area (Å²) in [5, 5.41) is 11.5. The number of phenols is 1. The Labute approximate surface area is 163 Å². The number of carbonyl (C=O) groups is 3. The van der Waals surface area contributed by atoms with Crippen LogP contribution in [0.25, 0.3) is 6.08 Å². The number of rotatable bonds is 5. The molecule has 0 saturated carbocycles. The fourth-order valence-corrected chi connectivity index (χ4v) is 3.32. The number of anilines is 1. The molecule has 2 aromatic carbocycles. The van der Waals surface area contributed by atoms with Crippen LogP contribution in [0, 0.1) is 5.82 Å². The summed E-state index contributed by atoms with van der Waals surface area (Å²) >= 11 is 0.700. The van der Waals surface area contributed by atoms with Crippen molar-refractivity contribution < 1.29 is 28.6 Å². The molecular weight excluding hydrogens is 387 g/mol. The Morgan fingerprint density at radius 1 is 1.29 bits per heavy atom. The van der Waals surface area contributed by atoms with E-state index in [4.69, 9.17) is 4.74 Å². The lowest BCUT2D eigenvalue weighted by molar-refractivity contribution is -0.127. The van der Waals surface area contributed by atoms with Crippen LogP contribution in [0.3, 0.4) is 0 Å². The van der Waals surface area contributed by atoms with Crippen LogP contribution in [0.4, 0.5) is 14.9 Å². The fraction of sp³-hybridized carbons (Fsp3) is 0.105. The first-order valence-electron chi connectivity index (χ1n) is 8.05. The first-order valence-corrected chi connectivity index (χ1v) is 8.87. The molecule has 7 nitrogen and oxygen atoms in total. The molecule has 2 aromatic rings. The Morgan fingerprint density at radius 3 is 2.79 bits per heavy atom. The van der Waals surface area contributed by atoms with Crippen LogP contribution in [-0.2, 0) is 9.59 Å². The monoisotopic (exact) mass is 402 g/mol. The molecule has 2 N–H and O–H groups in total. The number of halogens is 1. The minimum Gasteiger partial charge on any atom is -0.504 e. The van der Waals surface area contributed by atoms with Crippen molar-refractivity contribution in [2.75, 3.05) is 19.0 Å². The highest BCUT2D eigenvalue weighted by molar-refractivity contribution is 8.18. The second-order valence-corrected chi connectivity index (χ2v) is 6.75. The number of phenolic OH excluding ortho intramolecular Hbond substituents is 1. The first-order chi connectivity index (χ1) is 13.4. The van der Waals surface area contributed by atoms with Gasteiger partial charge in [0.1, 0.15) is 12.4 Å². The SMILES string of the molecule is COc1cc(/C=C2/SC(=O)N(CC(=O)Nc3cccc(F)c3)C2=O)ccc1O. The van der Waals surface area contributed by atoms with Gasteiger partial charge in [0.05, 0.1) is 12.0 Å². The van der Waals surface area contributed by atoms with E-state index in [0.717, 1.165) is 11.0 Å². The van der Waals surface area contributed by atoms with Crippen molar-refractivity contribution in [1.29, 1.82) is 0 Å². The van der Waals surface area contributed by atoms with Gasteiger partial charge in [0.25, 0.3) is 11.1 Å². The average Bonchev–Trinajstić information content (AvgIpc) is 2.90. The van der Waals surface area contributed by atoms with Crippen molar-refractivity contribution in [1.82, 2.24) is 4.90 Å². The molecule has 1 aliphatic heterocycles. The van der Waals surface area contributed by atoms with Crippen molar-refractivity contribution in [3.8, 4) is 11.5 Å². The predicted octanol–water partition coefficient (Wildman–Crippen LogP) is 3.21. The van der Waals surface area contributed by atoms with Gasteiger partial charge < -0.3 is 15.2 Å². The van der Waals surface area contributed by atoms with E-state index in [1.165, 1.54) is 43.5 Å². The van der Waals surface area contributed by atoms with Gasteiger partial charge in [0.2, 0.25) is 5.91 Å². The summed E-state index contributed by atoms with van der Waals surface area (Å²) in [5.41, 5.74) is 0.771. The van der Waals surface area contributed by atoms with Gasteiger partial charge in [0.15, 0.2) is 11.5 Å². The molecule has 28 heavy (non-hydrogen) atoms. The maximum absolute atomic E-state index is 13.2. The molecule has 0 spiro atoms. The first kappa shape index (κ1) is 19.4. The summed E-state index contributed by atoms with van der Waals surface area (Å²) in [6, 6.07) is 9.76. The third-order valence-electron chi connectivity index (χ3n) is 3.79. The number of ether oxygens (including phenoxy) is 1. The van der Waals surface area contributed by atoms with Crippen LogP contribution in [0.15, 0.2) is 47.4 Å². The zero-order valence-electron chi connectivity index (χ0n) is 14.6. The minimum atomic E-state index is -0.625. The molecule has 0 aliphatic carbocycles. The number of hydrogen-bond donors (Lipinski definition) is 2. The van der Waals surface area contributed by atoms with Crippen LogP contribution in [0.1, 0.15) is 5.56 Å². The molecule has 9 heteroatoms. The third-order valence-corrected chi connectivity index (χ3v) is 4.69. The molecule has 3 amide bonds. The maximum Gasteiger partial charge on any atom is 0.294 e. The second kappa shape index (κ2) is 8.13. The van der Waals surface area contributed by atoms with Crippen molar-refractivity contribution in [3.63, 3.8) is 0 Å². The molecule has 1 saturated heterocycles. The van der Waals surface area contributed by atoms with E-state index in [2.05, 4.69) is 5.32 Å². The lowest BCUT2D eigenvalue weighted by Gasteiger charge is -2.12. The average molecular weight is 402 g/mol. The van der Waals surface area contributed by atoms with Gasteiger partial charge >= 0.3 is 0 Å².